The monoisotopic (exact) mass is 349 g/mol. The van der Waals surface area contributed by atoms with Crippen molar-refractivity contribution in [3.8, 4) is 11.8 Å². The predicted octanol–water partition coefficient (Wildman–Crippen LogP) is 4.19. The largest absolute Gasteiger partial charge is 0.320 e. The SMILES string of the molecule is NCC#Cc1cc(F)cc(CSc2cccc(Br)c2)c1. The second-order valence-electron chi connectivity index (χ2n) is 4.10. The first-order valence-corrected chi connectivity index (χ1v) is 7.82. The van der Waals surface area contributed by atoms with Gasteiger partial charge in [-0.15, -0.1) is 11.8 Å². The molecule has 2 rings (SSSR count). The lowest BCUT2D eigenvalue weighted by atomic mass is 10.1. The first-order chi connectivity index (χ1) is 9.67. The lowest BCUT2D eigenvalue weighted by Gasteiger charge is -2.04. The third-order valence-electron chi connectivity index (χ3n) is 2.49. The van der Waals surface area contributed by atoms with Crippen LogP contribution < -0.4 is 5.73 Å². The second-order valence-corrected chi connectivity index (χ2v) is 6.06. The number of nitrogens with two attached hydrogens (primary N) is 1. The molecule has 0 saturated carbocycles. The van der Waals surface area contributed by atoms with Crippen LogP contribution in [0, 0.1) is 17.7 Å². The van der Waals surface area contributed by atoms with E-state index >= 15 is 0 Å². The van der Waals surface area contributed by atoms with Crippen molar-refractivity contribution in [3.63, 3.8) is 0 Å². The van der Waals surface area contributed by atoms with E-state index in [1.807, 2.05) is 30.3 Å². The molecule has 0 spiro atoms. The fourth-order valence-electron chi connectivity index (χ4n) is 1.68. The van der Waals surface area contributed by atoms with Crippen LogP contribution in [0.2, 0.25) is 0 Å². The van der Waals surface area contributed by atoms with Crippen LogP contribution in [-0.2, 0) is 5.75 Å². The Hall–Kier alpha value is -1.28. The maximum Gasteiger partial charge on any atom is 0.124 e. The molecule has 2 N–H and O–H groups in total. The Morgan fingerprint density at radius 1 is 1.20 bits per heavy atom. The molecule has 0 bridgehead atoms. The molecule has 0 aliphatic rings. The van der Waals surface area contributed by atoms with Crippen molar-refractivity contribution in [2.45, 2.75) is 10.6 Å². The molecule has 102 valence electrons. The van der Waals surface area contributed by atoms with Crippen LogP contribution >= 0.6 is 27.7 Å². The lowest BCUT2D eigenvalue weighted by molar-refractivity contribution is 0.626. The molecule has 0 aliphatic heterocycles. The third kappa shape index (κ3) is 4.68. The molecule has 0 radical (unpaired) electrons. The van der Waals surface area contributed by atoms with Gasteiger partial charge >= 0.3 is 0 Å². The van der Waals surface area contributed by atoms with E-state index in [-0.39, 0.29) is 12.4 Å². The van der Waals surface area contributed by atoms with Gasteiger partial charge in [0, 0.05) is 20.7 Å². The van der Waals surface area contributed by atoms with Crippen molar-refractivity contribution in [1.29, 1.82) is 0 Å². The van der Waals surface area contributed by atoms with E-state index in [0.717, 1.165) is 14.9 Å². The molecule has 2 aromatic carbocycles. The normalized spacial score (nSPS) is 9.95. The minimum atomic E-state index is -0.265. The number of thioether (sulfide) groups is 1. The standard InChI is InChI=1S/C16H13BrFNS/c17-14-4-1-5-16(10-14)20-11-13-7-12(3-2-6-19)8-15(18)9-13/h1,4-5,7-10H,6,11,19H2. The average Bonchev–Trinajstić information content (AvgIpc) is 2.42. The zero-order valence-corrected chi connectivity index (χ0v) is 13.1. The molecule has 0 saturated heterocycles. The first kappa shape index (κ1) is 15.1. The highest BCUT2D eigenvalue weighted by Crippen LogP contribution is 2.26. The smallest absolute Gasteiger partial charge is 0.124 e. The summed E-state index contributed by atoms with van der Waals surface area (Å²) in [5.41, 5.74) is 6.91. The number of rotatable bonds is 3. The average molecular weight is 350 g/mol. The van der Waals surface area contributed by atoms with Crippen LogP contribution in [-0.4, -0.2) is 6.54 Å². The van der Waals surface area contributed by atoms with Crippen LogP contribution in [0.25, 0.3) is 0 Å². The minimum absolute atomic E-state index is 0.265. The molecular formula is C16H13BrFNS. The van der Waals surface area contributed by atoms with Crippen molar-refractivity contribution < 1.29 is 4.39 Å². The highest BCUT2D eigenvalue weighted by molar-refractivity contribution is 9.10. The van der Waals surface area contributed by atoms with Crippen molar-refractivity contribution in [3.05, 3.63) is 63.9 Å². The molecule has 0 unspecified atom stereocenters. The van der Waals surface area contributed by atoms with E-state index in [0.29, 0.717) is 11.3 Å². The fourth-order valence-corrected chi connectivity index (χ4v) is 3.12. The van der Waals surface area contributed by atoms with Crippen LogP contribution in [0.15, 0.2) is 51.8 Å². The van der Waals surface area contributed by atoms with Gasteiger partial charge in [-0.1, -0.05) is 33.8 Å². The van der Waals surface area contributed by atoms with E-state index in [2.05, 4.69) is 27.8 Å². The molecular weight excluding hydrogens is 337 g/mol. The van der Waals surface area contributed by atoms with Crippen LogP contribution in [0.4, 0.5) is 4.39 Å². The maximum absolute atomic E-state index is 13.5. The van der Waals surface area contributed by atoms with Gasteiger partial charge in [0.2, 0.25) is 0 Å². The number of hydrogen-bond donors (Lipinski definition) is 1. The summed E-state index contributed by atoms with van der Waals surface area (Å²) >= 11 is 5.10. The quantitative estimate of drug-likeness (QED) is 0.664. The summed E-state index contributed by atoms with van der Waals surface area (Å²) in [6.45, 7) is 0.276. The molecule has 0 atom stereocenters. The van der Waals surface area contributed by atoms with Gasteiger partial charge in [0.1, 0.15) is 5.82 Å². The summed E-state index contributed by atoms with van der Waals surface area (Å²) in [6.07, 6.45) is 0. The summed E-state index contributed by atoms with van der Waals surface area (Å²) in [5.74, 6) is 6.03. The lowest BCUT2D eigenvalue weighted by Crippen LogP contribution is -1.93. The van der Waals surface area contributed by atoms with E-state index < -0.39 is 0 Å². The van der Waals surface area contributed by atoms with Gasteiger partial charge in [-0.25, -0.2) is 4.39 Å². The Kier molecular flexibility index (Phi) is 5.66. The van der Waals surface area contributed by atoms with Gasteiger partial charge in [0.15, 0.2) is 0 Å². The van der Waals surface area contributed by atoms with Crippen molar-refractivity contribution in [2.24, 2.45) is 5.73 Å². The Morgan fingerprint density at radius 2 is 2.05 bits per heavy atom. The Labute approximate surface area is 130 Å². The molecule has 0 fully saturated rings. The fraction of sp³-hybridized carbons (Fsp3) is 0.125. The van der Waals surface area contributed by atoms with E-state index in [4.69, 9.17) is 5.73 Å². The summed E-state index contributed by atoms with van der Waals surface area (Å²) < 4.78 is 14.6. The summed E-state index contributed by atoms with van der Waals surface area (Å²) in [7, 11) is 0. The third-order valence-corrected chi connectivity index (χ3v) is 4.05. The Morgan fingerprint density at radius 3 is 2.80 bits per heavy atom. The predicted molar refractivity (Wildman–Crippen MR) is 86.0 cm³/mol. The highest BCUT2D eigenvalue weighted by Gasteiger charge is 2.01. The minimum Gasteiger partial charge on any atom is -0.320 e. The van der Waals surface area contributed by atoms with Gasteiger partial charge < -0.3 is 5.73 Å². The van der Waals surface area contributed by atoms with Gasteiger partial charge in [-0.2, -0.15) is 0 Å². The maximum atomic E-state index is 13.5. The second kappa shape index (κ2) is 7.49. The molecule has 2 aromatic rings. The van der Waals surface area contributed by atoms with Crippen molar-refractivity contribution >= 4 is 27.7 Å². The van der Waals surface area contributed by atoms with E-state index in [9.17, 15) is 4.39 Å². The molecule has 20 heavy (non-hydrogen) atoms. The molecule has 0 heterocycles. The van der Waals surface area contributed by atoms with E-state index in [1.54, 1.807) is 17.8 Å². The molecule has 4 heteroatoms. The number of halogens is 2. The van der Waals surface area contributed by atoms with Crippen LogP contribution in [0.1, 0.15) is 11.1 Å². The van der Waals surface area contributed by atoms with Gasteiger partial charge in [0.05, 0.1) is 6.54 Å². The molecule has 0 aromatic heterocycles. The summed E-state index contributed by atoms with van der Waals surface area (Å²) in [4.78, 5) is 1.14. The summed E-state index contributed by atoms with van der Waals surface area (Å²) in [5, 5.41) is 0. The Bertz CT molecular complexity index is 661. The zero-order chi connectivity index (χ0) is 14.4. The van der Waals surface area contributed by atoms with Crippen molar-refractivity contribution in [2.75, 3.05) is 6.54 Å². The Balaban J connectivity index is 2.11. The topological polar surface area (TPSA) is 26.0 Å². The first-order valence-electron chi connectivity index (χ1n) is 6.04. The van der Waals surface area contributed by atoms with Crippen LogP contribution in [0.5, 0.6) is 0 Å². The van der Waals surface area contributed by atoms with Crippen molar-refractivity contribution in [1.82, 2.24) is 0 Å². The van der Waals surface area contributed by atoms with Gasteiger partial charge in [0.25, 0.3) is 0 Å². The van der Waals surface area contributed by atoms with Gasteiger partial charge in [-0.05, 0) is 42.0 Å². The van der Waals surface area contributed by atoms with Gasteiger partial charge in [-0.3, -0.25) is 0 Å². The van der Waals surface area contributed by atoms with E-state index in [1.165, 1.54) is 6.07 Å². The zero-order valence-electron chi connectivity index (χ0n) is 10.7. The van der Waals surface area contributed by atoms with Crippen LogP contribution in [0.3, 0.4) is 0 Å². The molecule has 0 amide bonds. The molecule has 1 nitrogen and oxygen atoms in total. The number of benzene rings is 2. The highest BCUT2D eigenvalue weighted by atomic mass is 79.9. The molecule has 0 aliphatic carbocycles. The summed E-state index contributed by atoms with van der Waals surface area (Å²) in [6, 6.07) is 12.9. The number of hydrogen-bond acceptors (Lipinski definition) is 2.